The largest absolute Gasteiger partial charge is 0.264 e. The Bertz CT molecular complexity index is 305. The van der Waals surface area contributed by atoms with E-state index < -0.39 is 0 Å². The van der Waals surface area contributed by atoms with E-state index in [-0.39, 0.29) is 0 Å². The van der Waals surface area contributed by atoms with Gasteiger partial charge in [-0.2, -0.15) is 0 Å². The molecule has 16 heavy (non-hydrogen) atoms. The molecule has 1 aromatic rings. The zero-order valence-corrected chi connectivity index (χ0v) is 11.0. The van der Waals surface area contributed by atoms with Crippen LogP contribution in [0.25, 0.3) is 0 Å². The van der Waals surface area contributed by atoms with E-state index in [1.807, 2.05) is 40.0 Å². The van der Waals surface area contributed by atoms with Crippen molar-refractivity contribution in [3.8, 4) is 11.8 Å². The first kappa shape index (κ1) is 14.7. The highest BCUT2D eigenvalue weighted by Gasteiger charge is 2.09. The summed E-state index contributed by atoms with van der Waals surface area (Å²) >= 11 is 0. The number of aromatic nitrogens is 1. The molecule has 1 heteroatoms. The second-order valence-corrected chi connectivity index (χ2v) is 3.05. The van der Waals surface area contributed by atoms with Gasteiger partial charge in [0.05, 0.1) is 0 Å². The van der Waals surface area contributed by atoms with Gasteiger partial charge in [-0.3, -0.25) is 4.98 Å². The molecule has 0 saturated carbocycles. The lowest BCUT2D eigenvalue weighted by molar-refractivity contribution is 0.684. The van der Waals surface area contributed by atoms with Crippen molar-refractivity contribution in [3.05, 3.63) is 30.1 Å². The fourth-order valence-corrected chi connectivity index (χ4v) is 1.49. The van der Waals surface area contributed by atoms with E-state index in [0.29, 0.717) is 5.92 Å². The number of pyridine rings is 1. The first-order chi connectivity index (χ1) is 7.97. The maximum absolute atomic E-state index is 4.09. The molecule has 0 amide bonds. The first-order valence-corrected chi connectivity index (χ1v) is 6.35. The molecule has 0 N–H and O–H groups in total. The molecule has 0 radical (unpaired) electrons. The molecule has 1 heterocycles. The van der Waals surface area contributed by atoms with Gasteiger partial charge in [-0.25, -0.2) is 0 Å². The zero-order valence-electron chi connectivity index (χ0n) is 11.0. The highest BCUT2D eigenvalue weighted by atomic mass is 14.6. The van der Waals surface area contributed by atoms with E-state index in [1.54, 1.807) is 6.20 Å². The maximum Gasteiger partial charge on any atom is 0.0467 e. The number of nitrogens with zero attached hydrogens (tertiary/aromatic N) is 1. The van der Waals surface area contributed by atoms with Gasteiger partial charge in [0.2, 0.25) is 0 Å². The minimum atomic E-state index is 0.437. The van der Waals surface area contributed by atoms with Crippen molar-refractivity contribution < 1.29 is 0 Å². The number of hydrogen-bond donors (Lipinski definition) is 0. The van der Waals surface area contributed by atoms with Crippen LogP contribution < -0.4 is 0 Å². The summed E-state index contributed by atoms with van der Waals surface area (Å²) in [4.78, 5) is 4.09. The van der Waals surface area contributed by atoms with Crippen molar-refractivity contribution in [1.82, 2.24) is 4.98 Å². The fraction of sp³-hybridized carbons (Fsp3) is 0.533. The van der Waals surface area contributed by atoms with Crippen LogP contribution in [0.2, 0.25) is 0 Å². The second-order valence-electron chi connectivity index (χ2n) is 3.05. The second kappa shape index (κ2) is 10.2. The highest BCUT2D eigenvalue weighted by Crippen LogP contribution is 2.22. The molecule has 0 fully saturated rings. The summed E-state index contributed by atoms with van der Waals surface area (Å²) in [6.45, 7) is 8.00. The molecule has 1 aromatic heterocycles. The molecule has 0 aromatic carbocycles. The summed E-state index contributed by atoms with van der Waals surface area (Å²) in [6, 6.07) is 4.09. The quantitative estimate of drug-likeness (QED) is 0.635. The number of hydrogen-bond acceptors (Lipinski definition) is 1. The van der Waals surface area contributed by atoms with Gasteiger partial charge in [-0.1, -0.05) is 39.7 Å². The molecule has 88 valence electrons. The van der Waals surface area contributed by atoms with Gasteiger partial charge in [0.15, 0.2) is 0 Å². The fourth-order valence-electron chi connectivity index (χ4n) is 1.49. The summed E-state index contributed by atoms with van der Waals surface area (Å²) in [6.07, 6.45) is 7.21. The Kier molecular flexibility index (Phi) is 9.41. The molecule has 1 nitrogen and oxygen atoms in total. The van der Waals surface area contributed by atoms with E-state index in [0.717, 1.165) is 6.42 Å². The van der Waals surface area contributed by atoms with E-state index in [4.69, 9.17) is 0 Å². The molecule has 2 rings (SSSR count). The van der Waals surface area contributed by atoms with Gasteiger partial charge in [-0.05, 0) is 24.5 Å². The SMILES string of the molecule is C1#C[C@H](c2cccnc2)CCC1.CC.CC. The summed E-state index contributed by atoms with van der Waals surface area (Å²) in [7, 11) is 0. The number of rotatable bonds is 1. The Labute approximate surface area is 100 Å². The van der Waals surface area contributed by atoms with Gasteiger partial charge in [0, 0.05) is 24.7 Å². The van der Waals surface area contributed by atoms with Crippen molar-refractivity contribution in [2.24, 2.45) is 0 Å². The Balaban J connectivity index is 0.000000509. The van der Waals surface area contributed by atoms with Crippen molar-refractivity contribution in [3.63, 3.8) is 0 Å². The van der Waals surface area contributed by atoms with Gasteiger partial charge < -0.3 is 0 Å². The molecular weight excluding hydrogens is 194 g/mol. The predicted molar refractivity (Wildman–Crippen MR) is 71.3 cm³/mol. The molecule has 0 unspecified atom stereocenters. The van der Waals surface area contributed by atoms with Crippen LogP contribution in [-0.4, -0.2) is 4.98 Å². The normalized spacial score (nSPS) is 16.6. The third kappa shape index (κ3) is 4.98. The summed E-state index contributed by atoms with van der Waals surface area (Å²) < 4.78 is 0. The topological polar surface area (TPSA) is 12.9 Å². The molecule has 1 aliphatic rings. The minimum Gasteiger partial charge on any atom is -0.264 e. The monoisotopic (exact) mass is 217 g/mol. The third-order valence-electron chi connectivity index (χ3n) is 2.16. The van der Waals surface area contributed by atoms with Crippen molar-refractivity contribution in [1.29, 1.82) is 0 Å². The van der Waals surface area contributed by atoms with E-state index in [2.05, 4.69) is 22.9 Å². The van der Waals surface area contributed by atoms with Crippen LogP contribution in [0.15, 0.2) is 24.5 Å². The predicted octanol–water partition coefficient (Wildman–Crippen LogP) is 4.40. The van der Waals surface area contributed by atoms with Crippen LogP contribution in [0.1, 0.15) is 58.4 Å². The molecule has 1 aliphatic carbocycles. The Morgan fingerprint density at radius 1 is 1.25 bits per heavy atom. The lowest BCUT2D eigenvalue weighted by atomic mass is 9.92. The molecular formula is C15H23N. The average Bonchev–Trinajstić information content (AvgIpc) is 2.45. The standard InChI is InChI=1S/C11H11N.2C2H6/c1-2-5-10(6-3-1)11-7-4-8-12-9-11;2*1-2/h4,7-10H,1-2,5H2;2*1-2H3/t10-;;/m1../s1. The van der Waals surface area contributed by atoms with Crippen LogP contribution in [0.4, 0.5) is 0 Å². The lowest BCUT2D eigenvalue weighted by Gasteiger charge is -2.12. The summed E-state index contributed by atoms with van der Waals surface area (Å²) in [5.74, 6) is 6.84. The molecule has 0 saturated heterocycles. The van der Waals surface area contributed by atoms with Crippen LogP contribution in [-0.2, 0) is 0 Å². The van der Waals surface area contributed by atoms with Crippen molar-refractivity contribution in [2.75, 3.05) is 0 Å². The van der Waals surface area contributed by atoms with Gasteiger partial charge >= 0.3 is 0 Å². The molecule has 0 aliphatic heterocycles. The molecule has 0 spiro atoms. The maximum atomic E-state index is 4.09. The minimum absolute atomic E-state index is 0.437. The van der Waals surface area contributed by atoms with Crippen LogP contribution in [0.3, 0.4) is 0 Å². The van der Waals surface area contributed by atoms with Gasteiger partial charge in [-0.15, -0.1) is 5.92 Å². The third-order valence-corrected chi connectivity index (χ3v) is 2.16. The van der Waals surface area contributed by atoms with E-state index in [9.17, 15) is 0 Å². The summed E-state index contributed by atoms with van der Waals surface area (Å²) in [5, 5.41) is 0. The first-order valence-electron chi connectivity index (χ1n) is 6.35. The molecule has 0 bridgehead atoms. The van der Waals surface area contributed by atoms with E-state index >= 15 is 0 Å². The Morgan fingerprint density at radius 3 is 2.50 bits per heavy atom. The van der Waals surface area contributed by atoms with Crippen LogP contribution in [0.5, 0.6) is 0 Å². The van der Waals surface area contributed by atoms with Crippen LogP contribution in [0, 0.1) is 11.8 Å². The molecule has 1 atom stereocenters. The van der Waals surface area contributed by atoms with Gasteiger partial charge in [0.25, 0.3) is 0 Å². The Hall–Kier alpha value is -1.29. The van der Waals surface area contributed by atoms with Crippen molar-refractivity contribution >= 4 is 0 Å². The lowest BCUT2D eigenvalue weighted by Crippen LogP contribution is -1.99. The van der Waals surface area contributed by atoms with Gasteiger partial charge in [0.1, 0.15) is 0 Å². The summed E-state index contributed by atoms with van der Waals surface area (Å²) in [5.41, 5.74) is 1.27. The zero-order chi connectivity index (χ0) is 12.2. The average molecular weight is 217 g/mol. The Morgan fingerprint density at radius 2 is 2.00 bits per heavy atom. The van der Waals surface area contributed by atoms with Crippen LogP contribution >= 0.6 is 0 Å². The van der Waals surface area contributed by atoms with Crippen molar-refractivity contribution in [2.45, 2.75) is 52.9 Å². The van der Waals surface area contributed by atoms with E-state index in [1.165, 1.54) is 18.4 Å². The smallest absolute Gasteiger partial charge is 0.0467 e. The highest BCUT2D eigenvalue weighted by molar-refractivity contribution is 5.26.